The van der Waals surface area contributed by atoms with E-state index in [2.05, 4.69) is 53.5 Å². The van der Waals surface area contributed by atoms with Crippen molar-refractivity contribution in [3.05, 3.63) is 60.2 Å². The maximum Gasteiger partial charge on any atom is 0.112 e. The molecule has 6 rings (SSSR count). The molecule has 5 aliphatic heterocycles. The monoisotopic (exact) mass is 353 g/mol. The molecule has 136 valence electrons. The molecule has 0 amide bonds. The Labute approximate surface area is 152 Å². The molecule has 0 saturated carbocycles. The summed E-state index contributed by atoms with van der Waals surface area (Å²) in [6, 6.07) is 10.4. The molecule has 6 atom stereocenters. The van der Waals surface area contributed by atoms with Gasteiger partial charge in [-0.25, -0.2) is 0 Å². The maximum absolute atomic E-state index is 10.7. The van der Waals surface area contributed by atoms with Crippen molar-refractivity contribution in [1.29, 1.82) is 0 Å². The van der Waals surface area contributed by atoms with E-state index in [0.29, 0.717) is 13.1 Å². The quantitative estimate of drug-likeness (QED) is 0.787. The van der Waals surface area contributed by atoms with E-state index in [9.17, 15) is 10.2 Å². The van der Waals surface area contributed by atoms with Gasteiger partial charge < -0.3 is 19.7 Å². The standard InChI is InChI=1S/C21H23NO4/c23-13-20-16-6-8-18(25-16)11-22(10-15-4-2-1-3-5-15)12-19(21(18,20)14-24)9-7-17(20)26-19/h1-9,16-17,23-24H,10-14H2/t16-,17+,18-,19+,20?,21?. The van der Waals surface area contributed by atoms with Gasteiger partial charge >= 0.3 is 0 Å². The van der Waals surface area contributed by atoms with Gasteiger partial charge in [-0.2, -0.15) is 0 Å². The molecule has 5 aliphatic rings. The molecule has 1 aromatic rings. The molecule has 3 saturated heterocycles. The van der Waals surface area contributed by atoms with E-state index >= 15 is 0 Å². The number of aliphatic hydroxyl groups excluding tert-OH is 2. The predicted molar refractivity (Wildman–Crippen MR) is 94.2 cm³/mol. The first-order valence-electron chi connectivity index (χ1n) is 9.38. The highest BCUT2D eigenvalue weighted by Crippen LogP contribution is 2.76. The van der Waals surface area contributed by atoms with Gasteiger partial charge in [0.1, 0.15) is 11.2 Å². The lowest BCUT2D eigenvalue weighted by atomic mass is 9.45. The number of piperidine rings is 1. The SMILES string of the molecule is OCC12[C@@H]3C=C[C@@]4(CN(Cc5ccccc5)C[C@]5(C=C[C@H]1O5)C24CO)O3. The molecule has 26 heavy (non-hydrogen) atoms. The highest BCUT2D eigenvalue weighted by atomic mass is 16.6. The summed E-state index contributed by atoms with van der Waals surface area (Å²) < 4.78 is 13.1. The van der Waals surface area contributed by atoms with Crippen molar-refractivity contribution in [3.8, 4) is 0 Å². The van der Waals surface area contributed by atoms with Crippen molar-refractivity contribution >= 4 is 0 Å². The zero-order chi connectivity index (χ0) is 17.6. The third-order valence-electron chi connectivity index (χ3n) is 7.67. The van der Waals surface area contributed by atoms with Crippen molar-refractivity contribution < 1.29 is 19.7 Å². The molecule has 5 heteroatoms. The Morgan fingerprint density at radius 1 is 0.923 bits per heavy atom. The number of fused-ring (bicyclic) bond motifs is 4. The zero-order valence-corrected chi connectivity index (χ0v) is 14.5. The summed E-state index contributed by atoms with van der Waals surface area (Å²) in [6.45, 7) is 2.11. The molecule has 0 aliphatic carbocycles. The van der Waals surface area contributed by atoms with E-state index in [-0.39, 0.29) is 25.4 Å². The molecule has 4 bridgehead atoms. The second-order valence-electron chi connectivity index (χ2n) is 8.47. The zero-order valence-electron chi connectivity index (χ0n) is 14.5. The topological polar surface area (TPSA) is 62.2 Å². The van der Waals surface area contributed by atoms with Crippen molar-refractivity contribution in [2.45, 2.75) is 30.0 Å². The maximum atomic E-state index is 10.7. The molecular weight excluding hydrogens is 330 g/mol. The average molecular weight is 353 g/mol. The van der Waals surface area contributed by atoms with Gasteiger partial charge in [0.15, 0.2) is 0 Å². The molecule has 1 aromatic carbocycles. The summed E-state index contributed by atoms with van der Waals surface area (Å²) in [5.74, 6) is 0. The van der Waals surface area contributed by atoms with Gasteiger partial charge in [0.05, 0.1) is 36.3 Å². The minimum atomic E-state index is -0.631. The summed E-state index contributed by atoms with van der Waals surface area (Å²) in [5, 5.41) is 21.1. The first kappa shape index (κ1) is 15.5. The summed E-state index contributed by atoms with van der Waals surface area (Å²) >= 11 is 0. The molecule has 2 N–H and O–H groups in total. The average Bonchev–Trinajstić information content (AvgIpc) is 3.37. The third kappa shape index (κ3) is 1.36. The van der Waals surface area contributed by atoms with Crippen LogP contribution in [0.5, 0.6) is 0 Å². The largest absolute Gasteiger partial charge is 0.396 e. The predicted octanol–water partition coefficient (Wildman–Crippen LogP) is 0.874. The highest BCUT2D eigenvalue weighted by Gasteiger charge is 2.88. The van der Waals surface area contributed by atoms with Crippen molar-refractivity contribution in [3.63, 3.8) is 0 Å². The van der Waals surface area contributed by atoms with Crippen LogP contribution in [0, 0.1) is 10.8 Å². The molecule has 0 radical (unpaired) electrons. The number of benzene rings is 1. The van der Waals surface area contributed by atoms with Crippen LogP contribution in [0.4, 0.5) is 0 Å². The minimum Gasteiger partial charge on any atom is -0.396 e. The van der Waals surface area contributed by atoms with Gasteiger partial charge in [-0.05, 0) is 5.56 Å². The summed E-state index contributed by atoms with van der Waals surface area (Å²) in [5.41, 5.74) is -1.22. The Kier molecular flexibility index (Phi) is 2.79. The van der Waals surface area contributed by atoms with Crippen LogP contribution in [0.15, 0.2) is 54.6 Å². The lowest BCUT2D eigenvalue weighted by Gasteiger charge is -2.60. The van der Waals surface area contributed by atoms with Gasteiger partial charge in [-0.1, -0.05) is 54.6 Å². The van der Waals surface area contributed by atoms with Crippen molar-refractivity contribution in [2.75, 3.05) is 26.3 Å². The van der Waals surface area contributed by atoms with Gasteiger partial charge in [0.25, 0.3) is 0 Å². The van der Waals surface area contributed by atoms with Crippen LogP contribution in [-0.2, 0) is 16.0 Å². The van der Waals surface area contributed by atoms with Crippen LogP contribution in [0.2, 0.25) is 0 Å². The molecule has 5 heterocycles. The molecule has 5 nitrogen and oxygen atoms in total. The molecular formula is C21H23NO4. The molecule has 3 fully saturated rings. The Hall–Kier alpha value is -1.50. The van der Waals surface area contributed by atoms with E-state index in [1.807, 2.05) is 6.07 Å². The van der Waals surface area contributed by atoms with Crippen LogP contribution >= 0.6 is 0 Å². The van der Waals surface area contributed by atoms with E-state index in [4.69, 9.17) is 9.47 Å². The molecule has 2 unspecified atom stereocenters. The number of hydrogen-bond donors (Lipinski definition) is 2. The number of likely N-dealkylation sites (tertiary alicyclic amines) is 1. The first-order chi connectivity index (χ1) is 12.7. The summed E-state index contributed by atoms with van der Waals surface area (Å²) in [6.07, 6.45) is 7.96. The van der Waals surface area contributed by atoms with Crippen LogP contribution in [0.3, 0.4) is 0 Å². The summed E-state index contributed by atoms with van der Waals surface area (Å²) in [4.78, 5) is 2.36. The lowest BCUT2D eigenvalue weighted by Crippen LogP contribution is -2.74. The number of hydrogen-bond acceptors (Lipinski definition) is 5. The van der Waals surface area contributed by atoms with E-state index < -0.39 is 22.0 Å². The summed E-state index contributed by atoms with van der Waals surface area (Å²) in [7, 11) is 0. The van der Waals surface area contributed by atoms with Gasteiger partial charge in [0.2, 0.25) is 0 Å². The Bertz CT molecular complexity index is 783. The van der Waals surface area contributed by atoms with Gasteiger partial charge in [-0.3, -0.25) is 4.90 Å². The van der Waals surface area contributed by atoms with Crippen LogP contribution in [-0.4, -0.2) is 64.8 Å². The van der Waals surface area contributed by atoms with E-state index in [0.717, 1.165) is 6.54 Å². The fraction of sp³-hybridized carbons (Fsp3) is 0.524. The number of nitrogens with zero attached hydrogens (tertiary/aromatic N) is 1. The van der Waals surface area contributed by atoms with Gasteiger partial charge in [-0.15, -0.1) is 0 Å². The van der Waals surface area contributed by atoms with Crippen LogP contribution < -0.4 is 0 Å². The number of ether oxygens (including phenoxy) is 2. The Morgan fingerprint density at radius 3 is 2.08 bits per heavy atom. The first-order valence-corrected chi connectivity index (χ1v) is 9.38. The smallest absolute Gasteiger partial charge is 0.112 e. The van der Waals surface area contributed by atoms with E-state index in [1.165, 1.54) is 5.56 Å². The second kappa shape index (κ2) is 4.66. The number of aliphatic hydroxyl groups is 2. The van der Waals surface area contributed by atoms with Gasteiger partial charge in [0, 0.05) is 19.6 Å². The highest BCUT2D eigenvalue weighted by molar-refractivity contribution is 5.49. The van der Waals surface area contributed by atoms with Crippen molar-refractivity contribution in [2.24, 2.45) is 10.8 Å². The Morgan fingerprint density at radius 2 is 1.54 bits per heavy atom. The fourth-order valence-corrected chi connectivity index (χ4v) is 6.78. The molecule has 0 aromatic heterocycles. The van der Waals surface area contributed by atoms with E-state index in [1.54, 1.807) is 0 Å². The van der Waals surface area contributed by atoms with Crippen LogP contribution in [0.1, 0.15) is 5.56 Å². The van der Waals surface area contributed by atoms with Crippen molar-refractivity contribution in [1.82, 2.24) is 4.90 Å². The minimum absolute atomic E-state index is 0.0419. The van der Waals surface area contributed by atoms with Crippen LogP contribution in [0.25, 0.3) is 0 Å². The molecule has 2 spiro atoms. The second-order valence-corrected chi connectivity index (χ2v) is 8.47. The number of rotatable bonds is 4. The fourth-order valence-electron chi connectivity index (χ4n) is 6.78. The lowest BCUT2D eigenvalue weighted by molar-refractivity contribution is -0.186. The normalized spacial score (nSPS) is 49.9. The Balaban J connectivity index is 1.49. The third-order valence-corrected chi connectivity index (χ3v) is 7.67.